The van der Waals surface area contributed by atoms with Gasteiger partial charge < -0.3 is 0 Å². The van der Waals surface area contributed by atoms with E-state index >= 15 is 0 Å². The SMILES string of the molecule is CCCCCCCCOC(=O)c1cc2ccc3c(Br)c(C4(O)CCCCC4)[se]c3c2oc1=O. The Balaban J connectivity index is 1.56. The van der Waals surface area contributed by atoms with Gasteiger partial charge in [-0.25, -0.2) is 0 Å². The van der Waals surface area contributed by atoms with Crippen LogP contribution in [-0.4, -0.2) is 32.2 Å². The number of fused-ring (bicyclic) bond motifs is 3. The third-order valence-electron chi connectivity index (χ3n) is 6.55. The Morgan fingerprint density at radius 1 is 1.15 bits per heavy atom. The number of aliphatic hydroxyl groups is 1. The van der Waals surface area contributed by atoms with Crippen molar-refractivity contribution in [1.82, 2.24) is 0 Å². The fraction of sp³-hybridized carbons (Fsp3) is 0.538. The molecule has 1 N–H and O–H groups in total. The molecule has 0 amide bonds. The molecule has 1 saturated carbocycles. The Hall–Kier alpha value is -1.40. The van der Waals surface area contributed by atoms with Crippen LogP contribution in [0.5, 0.6) is 0 Å². The number of unbranched alkanes of at least 4 members (excludes halogenated alkanes) is 5. The Morgan fingerprint density at radius 3 is 2.64 bits per heavy atom. The Labute approximate surface area is 208 Å². The summed E-state index contributed by atoms with van der Waals surface area (Å²) < 4.78 is 13.9. The molecule has 7 heteroatoms. The van der Waals surface area contributed by atoms with Crippen molar-refractivity contribution >= 4 is 57.0 Å². The minimum atomic E-state index is -0.789. The molecule has 0 spiro atoms. The Bertz CT molecular complexity index is 1190. The molecule has 0 unspecified atom stereocenters. The molecule has 1 aliphatic carbocycles. The zero-order chi connectivity index (χ0) is 23.4. The maximum absolute atomic E-state index is 12.7. The van der Waals surface area contributed by atoms with E-state index in [0.717, 1.165) is 69.9 Å². The molecule has 4 rings (SSSR count). The van der Waals surface area contributed by atoms with Gasteiger partial charge in [-0.1, -0.05) is 19.8 Å². The molecule has 178 valence electrons. The van der Waals surface area contributed by atoms with Crippen molar-refractivity contribution in [3.63, 3.8) is 0 Å². The summed E-state index contributed by atoms with van der Waals surface area (Å²) in [7, 11) is 0. The molecule has 0 saturated heterocycles. The van der Waals surface area contributed by atoms with Crippen molar-refractivity contribution < 1.29 is 19.1 Å². The zero-order valence-corrected chi connectivity index (χ0v) is 22.4. The predicted molar refractivity (Wildman–Crippen MR) is 135 cm³/mol. The van der Waals surface area contributed by atoms with E-state index in [2.05, 4.69) is 22.9 Å². The van der Waals surface area contributed by atoms with Crippen LogP contribution in [0.4, 0.5) is 0 Å². The second-order valence-electron chi connectivity index (χ2n) is 9.05. The molecule has 1 aromatic carbocycles. The summed E-state index contributed by atoms with van der Waals surface area (Å²) in [4.78, 5) is 25.2. The van der Waals surface area contributed by atoms with Gasteiger partial charge >= 0.3 is 189 Å². The molecule has 3 aromatic rings. The summed E-state index contributed by atoms with van der Waals surface area (Å²) in [6, 6.07) is 5.43. The summed E-state index contributed by atoms with van der Waals surface area (Å²) in [5, 5.41) is 13.0. The van der Waals surface area contributed by atoms with E-state index < -0.39 is 17.2 Å². The number of rotatable bonds is 9. The first-order chi connectivity index (χ1) is 15.9. The van der Waals surface area contributed by atoms with E-state index in [0.29, 0.717) is 17.6 Å². The molecule has 0 radical (unpaired) electrons. The predicted octanol–water partition coefficient (Wildman–Crippen LogP) is 6.43. The number of carbonyl (C=O) groups is 1. The van der Waals surface area contributed by atoms with Crippen LogP contribution < -0.4 is 5.63 Å². The monoisotopic (exact) mass is 582 g/mol. The van der Waals surface area contributed by atoms with Crippen LogP contribution in [0.2, 0.25) is 0 Å². The van der Waals surface area contributed by atoms with Crippen molar-refractivity contribution in [2.75, 3.05) is 6.61 Å². The normalized spacial score (nSPS) is 15.8. The van der Waals surface area contributed by atoms with Crippen molar-refractivity contribution in [3.05, 3.63) is 43.1 Å². The summed E-state index contributed by atoms with van der Waals surface area (Å²) in [5.74, 6) is -0.623. The minimum absolute atomic E-state index is 0.0583. The molecule has 0 atom stereocenters. The van der Waals surface area contributed by atoms with Gasteiger partial charge in [-0.2, -0.15) is 0 Å². The van der Waals surface area contributed by atoms with E-state index in [9.17, 15) is 14.7 Å². The van der Waals surface area contributed by atoms with E-state index in [1.54, 1.807) is 6.07 Å². The van der Waals surface area contributed by atoms with Crippen molar-refractivity contribution in [3.8, 4) is 0 Å². The van der Waals surface area contributed by atoms with Crippen molar-refractivity contribution in [2.24, 2.45) is 0 Å². The Morgan fingerprint density at radius 2 is 1.88 bits per heavy atom. The molecule has 2 heterocycles. The van der Waals surface area contributed by atoms with Crippen LogP contribution >= 0.6 is 15.9 Å². The maximum atomic E-state index is 12.7. The molecule has 1 fully saturated rings. The second kappa shape index (κ2) is 10.9. The number of hydrogen-bond acceptors (Lipinski definition) is 5. The van der Waals surface area contributed by atoms with Crippen LogP contribution in [0.15, 0.2) is 31.9 Å². The number of esters is 1. The quantitative estimate of drug-likeness (QED) is 0.136. The van der Waals surface area contributed by atoms with Gasteiger partial charge in [-0.3, -0.25) is 0 Å². The van der Waals surface area contributed by atoms with Crippen molar-refractivity contribution in [1.29, 1.82) is 0 Å². The van der Waals surface area contributed by atoms with Gasteiger partial charge in [0.05, 0.1) is 0 Å². The topological polar surface area (TPSA) is 76.7 Å². The van der Waals surface area contributed by atoms with Crippen LogP contribution in [0.3, 0.4) is 0 Å². The number of hydrogen-bond donors (Lipinski definition) is 1. The van der Waals surface area contributed by atoms with Gasteiger partial charge in [0.2, 0.25) is 0 Å². The van der Waals surface area contributed by atoms with Gasteiger partial charge in [0.1, 0.15) is 0 Å². The number of carbonyl (C=O) groups excluding carboxylic acids is 1. The van der Waals surface area contributed by atoms with Crippen molar-refractivity contribution in [2.45, 2.75) is 83.2 Å². The van der Waals surface area contributed by atoms with Crippen LogP contribution in [-0.2, 0) is 10.3 Å². The summed E-state index contributed by atoms with van der Waals surface area (Å²) >= 11 is 3.56. The number of benzene rings is 1. The van der Waals surface area contributed by atoms with E-state index in [1.807, 2.05) is 12.1 Å². The molecule has 0 aliphatic heterocycles. The van der Waals surface area contributed by atoms with E-state index in [-0.39, 0.29) is 20.1 Å². The fourth-order valence-corrected chi connectivity index (χ4v) is 8.84. The zero-order valence-electron chi connectivity index (χ0n) is 19.1. The van der Waals surface area contributed by atoms with Crippen LogP contribution in [0, 0.1) is 0 Å². The third-order valence-corrected chi connectivity index (χ3v) is 10.9. The van der Waals surface area contributed by atoms with E-state index in [4.69, 9.17) is 9.15 Å². The molecule has 2 aromatic heterocycles. The number of ether oxygens (including phenoxy) is 1. The van der Waals surface area contributed by atoms with Gasteiger partial charge in [0.25, 0.3) is 0 Å². The molecule has 1 aliphatic rings. The molecular weight excluding hydrogens is 551 g/mol. The first-order valence-electron chi connectivity index (χ1n) is 12.0. The molecule has 33 heavy (non-hydrogen) atoms. The van der Waals surface area contributed by atoms with E-state index in [1.165, 1.54) is 19.3 Å². The molecule has 0 bridgehead atoms. The van der Waals surface area contributed by atoms with Crippen LogP contribution in [0.25, 0.3) is 20.6 Å². The average molecular weight is 582 g/mol. The summed E-state index contributed by atoms with van der Waals surface area (Å²) in [5.41, 5.74) is -1.00. The molecule has 5 nitrogen and oxygen atoms in total. The van der Waals surface area contributed by atoms with Gasteiger partial charge in [0.15, 0.2) is 0 Å². The fourth-order valence-electron chi connectivity index (χ4n) is 4.63. The first kappa shape index (κ1) is 24.7. The van der Waals surface area contributed by atoms with Crippen LogP contribution in [0.1, 0.15) is 92.3 Å². The van der Waals surface area contributed by atoms with Gasteiger partial charge in [-0.05, 0) is 0 Å². The molecular formula is C26H31BrO5Se. The Kier molecular flexibility index (Phi) is 8.16. The number of halogens is 1. The summed E-state index contributed by atoms with van der Waals surface area (Å²) in [6.45, 7) is 2.49. The van der Waals surface area contributed by atoms with Gasteiger partial charge in [-0.15, -0.1) is 0 Å². The third kappa shape index (κ3) is 5.32. The standard InChI is InChI=1S/C26H31BrO5Se/c1-2-3-4-5-6-10-15-31-24(28)19-16-17-11-12-18-20(27)23(26(30)13-8-7-9-14-26)33-22(18)21(17)32-25(19)29/h11-12,16,30H,2-10,13-15H2,1H3. The second-order valence-corrected chi connectivity index (χ2v) is 12.0. The first-order valence-corrected chi connectivity index (χ1v) is 14.5. The average Bonchev–Trinajstić information content (AvgIpc) is 3.16. The van der Waals surface area contributed by atoms with Gasteiger partial charge in [0, 0.05) is 0 Å². The summed E-state index contributed by atoms with van der Waals surface area (Å²) in [6.07, 6.45) is 11.3.